The van der Waals surface area contributed by atoms with Crippen LogP contribution in [0.15, 0.2) is 42.5 Å². The minimum atomic E-state index is -0.122. The van der Waals surface area contributed by atoms with Gasteiger partial charge in [-0.15, -0.1) is 0 Å². The van der Waals surface area contributed by atoms with E-state index in [1.165, 1.54) is 0 Å². The molecule has 0 radical (unpaired) electrons. The number of para-hydroxylation sites is 1. The summed E-state index contributed by atoms with van der Waals surface area (Å²) >= 11 is 0. The van der Waals surface area contributed by atoms with Gasteiger partial charge in [0.15, 0.2) is 0 Å². The minimum Gasteiger partial charge on any atom is -0.496 e. The van der Waals surface area contributed by atoms with Crippen molar-refractivity contribution in [2.75, 3.05) is 30.8 Å². The molecule has 2 aliphatic heterocycles. The molecule has 2 aliphatic rings. The van der Waals surface area contributed by atoms with E-state index in [0.717, 1.165) is 35.4 Å². The zero-order chi connectivity index (χ0) is 20.4. The number of carbonyl (C=O) groups excluding carboxylic acids is 2. The van der Waals surface area contributed by atoms with E-state index >= 15 is 0 Å². The Labute approximate surface area is 170 Å². The molecule has 2 heterocycles. The van der Waals surface area contributed by atoms with E-state index in [1.54, 1.807) is 12.0 Å². The highest BCUT2D eigenvalue weighted by molar-refractivity contribution is 5.92. The second kappa shape index (κ2) is 8.03. The van der Waals surface area contributed by atoms with E-state index in [1.807, 2.05) is 54.3 Å². The number of likely N-dealkylation sites (tertiary alicyclic amines) is 1. The first-order chi connectivity index (χ1) is 14.0. The largest absolute Gasteiger partial charge is 0.496 e. The quantitative estimate of drug-likeness (QED) is 0.825. The van der Waals surface area contributed by atoms with Crippen molar-refractivity contribution in [2.24, 2.45) is 0 Å². The molecule has 7 heteroatoms. The number of hydrogen-bond donors (Lipinski definition) is 2. The van der Waals surface area contributed by atoms with Crippen LogP contribution in [-0.4, -0.2) is 48.1 Å². The van der Waals surface area contributed by atoms with Crippen molar-refractivity contribution in [1.82, 2.24) is 9.80 Å². The van der Waals surface area contributed by atoms with Crippen LogP contribution in [0.2, 0.25) is 0 Å². The maximum atomic E-state index is 12.6. The molecule has 2 N–H and O–H groups in total. The van der Waals surface area contributed by atoms with Gasteiger partial charge < -0.3 is 25.2 Å². The molecule has 1 saturated heterocycles. The average molecular weight is 394 g/mol. The number of piperidine rings is 1. The highest BCUT2D eigenvalue weighted by Gasteiger charge is 2.32. The van der Waals surface area contributed by atoms with Gasteiger partial charge in [-0.05, 0) is 43.0 Å². The van der Waals surface area contributed by atoms with E-state index in [4.69, 9.17) is 4.74 Å². The number of hydrogen-bond acceptors (Lipinski definition) is 3. The van der Waals surface area contributed by atoms with Gasteiger partial charge >= 0.3 is 12.1 Å². The van der Waals surface area contributed by atoms with E-state index < -0.39 is 0 Å². The normalized spacial score (nSPS) is 16.8. The SMILES string of the molecule is COc1cc(NC(=O)N2CCC(N3Cc4ccccc4NC3=O)CC2)ccc1C. The highest BCUT2D eigenvalue weighted by Crippen LogP contribution is 2.28. The van der Waals surface area contributed by atoms with Crippen LogP contribution in [0.4, 0.5) is 21.0 Å². The van der Waals surface area contributed by atoms with E-state index in [2.05, 4.69) is 10.6 Å². The van der Waals surface area contributed by atoms with Gasteiger partial charge in [-0.1, -0.05) is 24.3 Å². The molecule has 0 saturated carbocycles. The van der Waals surface area contributed by atoms with Crippen molar-refractivity contribution >= 4 is 23.4 Å². The Morgan fingerprint density at radius 1 is 1.17 bits per heavy atom. The Morgan fingerprint density at radius 2 is 1.93 bits per heavy atom. The molecule has 1 fully saturated rings. The first kappa shape index (κ1) is 19.1. The number of aryl methyl sites for hydroxylation is 1. The number of amides is 4. The third-order valence-corrected chi connectivity index (χ3v) is 5.71. The van der Waals surface area contributed by atoms with Crippen LogP contribution in [-0.2, 0) is 6.54 Å². The van der Waals surface area contributed by atoms with Gasteiger partial charge in [-0.3, -0.25) is 0 Å². The van der Waals surface area contributed by atoms with Gasteiger partial charge in [-0.2, -0.15) is 0 Å². The number of ether oxygens (including phenoxy) is 1. The van der Waals surface area contributed by atoms with Gasteiger partial charge in [-0.25, -0.2) is 9.59 Å². The van der Waals surface area contributed by atoms with E-state index in [-0.39, 0.29) is 18.1 Å². The summed E-state index contributed by atoms with van der Waals surface area (Å²) in [4.78, 5) is 28.9. The van der Waals surface area contributed by atoms with Gasteiger partial charge in [0.1, 0.15) is 5.75 Å². The maximum absolute atomic E-state index is 12.6. The average Bonchev–Trinajstić information content (AvgIpc) is 2.74. The lowest BCUT2D eigenvalue weighted by molar-refractivity contribution is 0.132. The fourth-order valence-corrected chi connectivity index (χ4v) is 4.00. The molecular formula is C22H26N4O3. The zero-order valence-corrected chi connectivity index (χ0v) is 16.8. The van der Waals surface area contributed by atoms with Crippen LogP contribution >= 0.6 is 0 Å². The molecule has 0 spiro atoms. The smallest absolute Gasteiger partial charge is 0.322 e. The van der Waals surface area contributed by atoms with Gasteiger partial charge in [0.2, 0.25) is 0 Å². The molecule has 0 atom stereocenters. The summed E-state index contributed by atoms with van der Waals surface area (Å²) < 4.78 is 5.32. The second-order valence-corrected chi connectivity index (χ2v) is 7.55. The van der Waals surface area contributed by atoms with Crippen molar-refractivity contribution in [3.05, 3.63) is 53.6 Å². The Balaban J connectivity index is 1.35. The molecule has 2 aromatic carbocycles. The predicted molar refractivity (Wildman–Crippen MR) is 112 cm³/mol. The van der Waals surface area contributed by atoms with Crippen molar-refractivity contribution in [3.8, 4) is 5.75 Å². The van der Waals surface area contributed by atoms with E-state index in [0.29, 0.717) is 25.3 Å². The molecule has 7 nitrogen and oxygen atoms in total. The number of nitrogens with one attached hydrogen (secondary N) is 2. The number of benzene rings is 2. The molecule has 4 rings (SSSR count). The van der Waals surface area contributed by atoms with Gasteiger partial charge in [0.05, 0.1) is 7.11 Å². The lowest BCUT2D eigenvalue weighted by Gasteiger charge is -2.40. The number of rotatable bonds is 3. The van der Waals surface area contributed by atoms with Crippen LogP contribution in [0.1, 0.15) is 24.0 Å². The Morgan fingerprint density at radius 3 is 2.69 bits per heavy atom. The first-order valence-electron chi connectivity index (χ1n) is 9.91. The Bertz CT molecular complexity index is 922. The number of anilines is 2. The van der Waals surface area contributed by atoms with Crippen molar-refractivity contribution in [1.29, 1.82) is 0 Å². The maximum Gasteiger partial charge on any atom is 0.322 e. The van der Waals surface area contributed by atoms with Gasteiger partial charge in [0.25, 0.3) is 0 Å². The molecule has 2 aromatic rings. The van der Waals surface area contributed by atoms with Gasteiger partial charge in [0, 0.05) is 43.1 Å². The predicted octanol–water partition coefficient (Wildman–Crippen LogP) is 4.05. The number of fused-ring (bicyclic) bond motifs is 1. The number of carbonyl (C=O) groups is 2. The highest BCUT2D eigenvalue weighted by atomic mass is 16.5. The summed E-state index contributed by atoms with van der Waals surface area (Å²) in [7, 11) is 1.62. The van der Waals surface area contributed by atoms with E-state index in [9.17, 15) is 9.59 Å². The third-order valence-electron chi connectivity index (χ3n) is 5.71. The molecule has 4 amide bonds. The fourth-order valence-electron chi connectivity index (χ4n) is 4.00. The van der Waals surface area contributed by atoms with Crippen molar-refractivity contribution in [3.63, 3.8) is 0 Å². The Kier molecular flexibility index (Phi) is 5.29. The monoisotopic (exact) mass is 394 g/mol. The lowest BCUT2D eigenvalue weighted by Crippen LogP contribution is -2.51. The molecule has 0 aromatic heterocycles. The number of methoxy groups -OCH3 is 1. The first-order valence-corrected chi connectivity index (χ1v) is 9.91. The molecule has 152 valence electrons. The Hall–Kier alpha value is -3.22. The van der Waals surface area contributed by atoms with Crippen LogP contribution in [0, 0.1) is 6.92 Å². The fraction of sp³-hybridized carbons (Fsp3) is 0.364. The third kappa shape index (κ3) is 3.99. The molecule has 0 aliphatic carbocycles. The standard InChI is InChI=1S/C22H26N4O3/c1-15-7-8-17(13-20(15)29-2)23-21(27)25-11-9-18(10-12-25)26-14-16-5-3-4-6-19(16)24-22(26)28/h3-8,13,18H,9-12,14H2,1-2H3,(H,23,27)(H,24,28). The van der Waals surface area contributed by atoms with Crippen LogP contribution in [0.3, 0.4) is 0 Å². The number of nitrogens with zero attached hydrogens (tertiary/aromatic N) is 2. The van der Waals surface area contributed by atoms with Crippen LogP contribution in [0.5, 0.6) is 5.75 Å². The summed E-state index contributed by atoms with van der Waals surface area (Å²) in [6.07, 6.45) is 1.53. The molecule has 0 bridgehead atoms. The summed E-state index contributed by atoms with van der Waals surface area (Å²) in [6.45, 7) is 3.81. The second-order valence-electron chi connectivity index (χ2n) is 7.55. The zero-order valence-electron chi connectivity index (χ0n) is 16.8. The summed E-state index contributed by atoms with van der Waals surface area (Å²) in [5.74, 6) is 0.748. The molecule has 29 heavy (non-hydrogen) atoms. The molecule has 0 unspecified atom stereocenters. The van der Waals surface area contributed by atoms with Crippen LogP contribution < -0.4 is 15.4 Å². The summed E-state index contributed by atoms with van der Waals surface area (Å²) in [6, 6.07) is 13.5. The van der Waals surface area contributed by atoms with Crippen molar-refractivity contribution < 1.29 is 14.3 Å². The summed E-state index contributed by atoms with van der Waals surface area (Å²) in [5.41, 5.74) is 3.75. The number of urea groups is 2. The van der Waals surface area contributed by atoms with Crippen molar-refractivity contribution in [2.45, 2.75) is 32.4 Å². The van der Waals surface area contributed by atoms with Crippen LogP contribution in [0.25, 0.3) is 0 Å². The summed E-state index contributed by atoms with van der Waals surface area (Å²) in [5, 5.41) is 5.92. The minimum absolute atomic E-state index is 0.0571. The topological polar surface area (TPSA) is 73.9 Å². The lowest BCUT2D eigenvalue weighted by atomic mass is 10.0. The molecular weight excluding hydrogens is 368 g/mol.